The molecule has 1 aromatic rings. The molecular formula is C12H13ClFN. The van der Waals surface area contributed by atoms with Gasteiger partial charge in [-0.25, -0.2) is 4.39 Å². The Morgan fingerprint density at radius 3 is 2.93 bits per heavy atom. The zero-order chi connectivity index (χ0) is 10.6. The fourth-order valence-electron chi connectivity index (χ4n) is 3.18. The highest BCUT2D eigenvalue weighted by Gasteiger charge is 2.64. The first kappa shape index (κ1) is 9.61. The number of benzene rings is 1. The fourth-order valence-corrected chi connectivity index (χ4v) is 3.36. The average Bonchev–Trinajstić information content (AvgIpc) is 2.64. The van der Waals surface area contributed by atoms with Crippen molar-refractivity contribution in [2.45, 2.75) is 12.3 Å². The number of fused-ring (bicyclic) bond motifs is 1. The van der Waals surface area contributed by atoms with Crippen LogP contribution in [0.5, 0.6) is 0 Å². The molecule has 0 aromatic heterocycles. The van der Waals surface area contributed by atoms with Crippen molar-refractivity contribution in [3.8, 4) is 0 Å². The standard InChI is InChI=1S/C12H13ClFN/c1-7-9-5-15-6-12(7,9)8-2-3-11(14)10(13)4-8/h2-4,7,9,15H,5-6H2,1H3/t7?,9-,12?/m1/s1. The van der Waals surface area contributed by atoms with Gasteiger partial charge in [0.2, 0.25) is 0 Å². The van der Waals surface area contributed by atoms with E-state index in [1.807, 2.05) is 6.07 Å². The van der Waals surface area contributed by atoms with Gasteiger partial charge >= 0.3 is 0 Å². The van der Waals surface area contributed by atoms with E-state index in [1.54, 1.807) is 6.07 Å². The molecule has 1 saturated heterocycles. The molecule has 1 aromatic carbocycles. The van der Waals surface area contributed by atoms with Crippen molar-refractivity contribution in [2.75, 3.05) is 13.1 Å². The Morgan fingerprint density at radius 1 is 1.53 bits per heavy atom. The number of piperidine rings is 1. The molecule has 2 aliphatic rings. The highest BCUT2D eigenvalue weighted by Crippen LogP contribution is 2.61. The Kier molecular flexibility index (Phi) is 1.89. The topological polar surface area (TPSA) is 12.0 Å². The molecule has 2 unspecified atom stereocenters. The third-order valence-electron chi connectivity index (χ3n) is 4.21. The summed E-state index contributed by atoms with van der Waals surface area (Å²) in [6.07, 6.45) is 0. The lowest BCUT2D eigenvalue weighted by Crippen LogP contribution is -2.22. The van der Waals surface area contributed by atoms with Gasteiger partial charge in [-0.1, -0.05) is 24.6 Å². The second-order valence-corrected chi connectivity index (χ2v) is 5.10. The minimum atomic E-state index is -0.326. The Bertz CT molecular complexity index is 420. The van der Waals surface area contributed by atoms with Gasteiger partial charge in [0.05, 0.1) is 5.02 Å². The molecular weight excluding hydrogens is 213 g/mol. The molecule has 1 aliphatic carbocycles. The molecule has 0 radical (unpaired) electrons. The first-order chi connectivity index (χ1) is 7.16. The van der Waals surface area contributed by atoms with E-state index in [0.29, 0.717) is 11.8 Å². The van der Waals surface area contributed by atoms with Crippen molar-refractivity contribution >= 4 is 11.6 Å². The molecule has 0 bridgehead atoms. The zero-order valence-electron chi connectivity index (χ0n) is 8.56. The summed E-state index contributed by atoms with van der Waals surface area (Å²) in [7, 11) is 0. The van der Waals surface area contributed by atoms with Gasteiger partial charge in [0, 0.05) is 12.0 Å². The van der Waals surface area contributed by atoms with Crippen molar-refractivity contribution in [1.29, 1.82) is 0 Å². The molecule has 1 N–H and O–H groups in total. The monoisotopic (exact) mass is 225 g/mol. The molecule has 1 heterocycles. The largest absolute Gasteiger partial charge is 0.316 e. The third kappa shape index (κ3) is 1.12. The molecule has 3 rings (SSSR count). The van der Waals surface area contributed by atoms with Crippen LogP contribution in [0, 0.1) is 17.7 Å². The lowest BCUT2D eigenvalue weighted by atomic mass is 9.93. The maximum Gasteiger partial charge on any atom is 0.141 e. The first-order valence-corrected chi connectivity index (χ1v) is 5.70. The molecule has 0 amide bonds. The van der Waals surface area contributed by atoms with Gasteiger partial charge in [-0.2, -0.15) is 0 Å². The number of nitrogens with one attached hydrogen (secondary N) is 1. The summed E-state index contributed by atoms with van der Waals surface area (Å²) in [5.41, 5.74) is 1.42. The van der Waals surface area contributed by atoms with Gasteiger partial charge in [-0.15, -0.1) is 0 Å². The Balaban J connectivity index is 2.03. The van der Waals surface area contributed by atoms with Crippen molar-refractivity contribution in [1.82, 2.24) is 5.32 Å². The van der Waals surface area contributed by atoms with E-state index < -0.39 is 0 Å². The van der Waals surface area contributed by atoms with Crippen molar-refractivity contribution in [2.24, 2.45) is 11.8 Å². The minimum Gasteiger partial charge on any atom is -0.316 e. The summed E-state index contributed by atoms with van der Waals surface area (Å²) < 4.78 is 13.1. The van der Waals surface area contributed by atoms with Gasteiger partial charge in [0.15, 0.2) is 0 Å². The van der Waals surface area contributed by atoms with E-state index in [-0.39, 0.29) is 16.3 Å². The van der Waals surface area contributed by atoms with Gasteiger partial charge in [-0.05, 0) is 36.1 Å². The summed E-state index contributed by atoms with van der Waals surface area (Å²) in [5, 5.41) is 3.63. The van der Waals surface area contributed by atoms with Crippen molar-refractivity contribution in [3.63, 3.8) is 0 Å². The Labute approximate surface area is 93.6 Å². The molecule has 1 aliphatic heterocycles. The van der Waals surface area contributed by atoms with E-state index in [0.717, 1.165) is 13.1 Å². The fraction of sp³-hybridized carbons (Fsp3) is 0.500. The van der Waals surface area contributed by atoms with Gasteiger partial charge in [0.25, 0.3) is 0 Å². The molecule has 80 valence electrons. The van der Waals surface area contributed by atoms with Crippen LogP contribution in [0.3, 0.4) is 0 Å². The van der Waals surface area contributed by atoms with E-state index in [2.05, 4.69) is 12.2 Å². The number of hydrogen-bond acceptors (Lipinski definition) is 1. The lowest BCUT2D eigenvalue weighted by Gasteiger charge is -2.14. The number of rotatable bonds is 1. The SMILES string of the molecule is CC1[C@H]2CNCC12c1ccc(F)c(Cl)c1. The highest BCUT2D eigenvalue weighted by atomic mass is 35.5. The van der Waals surface area contributed by atoms with Crippen LogP contribution < -0.4 is 5.32 Å². The predicted octanol–water partition coefficient (Wildman–Crippen LogP) is 2.59. The molecule has 1 nitrogen and oxygen atoms in total. The van der Waals surface area contributed by atoms with Crippen LogP contribution in [-0.4, -0.2) is 13.1 Å². The van der Waals surface area contributed by atoms with Crippen LogP contribution >= 0.6 is 11.6 Å². The van der Waals surface area contributed by atoms with Crippen LogP contribution in [0.1, 0.15) is 12.5 Å². The summed E-state index contributed by atoms with van der Waals surface area (Å²) in [6.45, 7) is 4.35. The molecule has 0 spiro atoms. The smallest absolute Gasteiger partial charge is 0.141 e. The summed E-state index contributed by atoms with van der Waals surface area (Å²) in [6, 6.07) is 5.15. The van der Waals surface area contributed by atoms with Crippen LogP contribution in [0.25, 0.3) is 0 Å². The molecule has 1 saturated carbocycles. The van der Waals surface area contributed by atoms with E-state index >= 15 is 0 Å². The minimum absolute atomic E-state index is 0.233. The Hall–Kier alpha value is -0.600. The molecule has 15 heavy (non-hydrogen) atoms. The summed E-state index contributed by atoms with van der Waals surface area (Å²) in [4.78, 5) is 0. The van der Waals surface area contributed by atoms with Crippen molar-refractivity contribution < 1.29 is 4.39 Å². The molecule has 3 heteroatoms. The summed E-state index contributed by atoms with van der Waals surface area (Å²) >= 11 is 5.83. The summed E-state index contributed by atoms with van der Waals surface area (Å²) in [5.74, 6) is 1.08. The Morgan fingerprint density at radius 2 is 2.33 bits per heavy atom. The predicted molar refractivity (Wildman–Crippen MR) is 58.6 cm³/mol. The van der Waals surface area contributed by atoms with Gasteiger partial charge in [0.1, 0.15) is 5.82 Å². The quantitative estimate of drug-likeness (QED) is 0.775. The van der Waals surface area contributed by atoms with E-state index in [1.165, 1.54) is 11.6 Å². The average molecular weight is 226 g/mol. The van der Waals surface area contributed by atoms with Crippen LogP contribution in [0.4, 0.5) is 4.39 Å². The van der Waals surface area contributed by atoms with Gasteiger partial charge < -0.3 is 5.32 Å². The number of hydrogen-bond donors (Lipinski definition) is 1. The van der Waals surface area contributed by atoms with Crippen molar-refractivity contribution in [3.05, 3.63) is 34.6 Å². The second-order valence-electron chi connectivity index (χ2n) is 4.70. The van der Waals surface area contributed by atoms with Crippen LogP contribution in [-0.2, 0) is 5.41 Å². The van der Waals surface area contributed by atoms with Crippen LogP contribution in [0.2, 0.25) is 5.02 Å². The maximum atomic E-state index is 13.1. The highest BCUT2D eigenvalue weighted by molar-refractivity contribution is 6.30. The number of halogens is 2. The second kappa shape index (κ2) is 2.96. The van der Waals surface area contributed by atoms with Gasteiger partial charge in [-0.3, -0.25) is 0 Å². The molecule has 3 atom stereocenters. The van der Waals surface area contributed by atoms with E-state index in [4.69, 9.17) is 11.6 Å². The maximum absolute atomic E-state index is 13.1. The molecule has 2 fully saturated rings. The zero-order valence-corrected chi connectivity index (χ0v) is 9.31. The normalized spacial score (nSPS) is 37.8. The first-order valence-electron chi connectivity index (χ1n) is 5.32. The lowest BCUT2D eigenvalue weighted by molar-refractivity contribution is 0.587. The van der Waals surface area contributed by atoms with Crippen LogP contribution in [0.15, 0.2) is 18.2 Å². The third-order valence-corrected chi connectivity index (χ3v) is 4.50. The van der Waals surface area contributed by atoms with E-state index in [9.17, 15) is 4.39 Å².